The third-order valence-corrected chi connectivity index (χ3v) is 24.6. The van der Waals surface area contributed by atoms with Crippen LogP contribution in [0.25, 0.3) is 33.5 Å². The molecule has 5 fully saturated rings. The molecule has 4 N–H and O–H groups in total. The zero-order chi connectivity index (χ0) is 71.1. The van der Waals surface area contributed by atoms with Crippen LogP contribution >= 0.6 is 141 Å². The van der Waals surface area contributed by atoms with E-state index in [9.17, 15) is 14.4 Å². The van der Waals surface area contributed by atoms with E-state index in [1.54, 1.807) is 145 Å². The van der Waals surface area contributed by atoms with Crippen LogP contribution in [0.3, 0.4) is 0 Å². The number of carbonyl (C=O) groups is 3. The second kappa shape index (κ2) is 45.4. The van der Waals surface area contributed by atoms with E-state index in [1.807, 2.05) is 138 Å². The van der Waals surface area contributed by atoms with Gasteiger partial charge < -0.3 is 20.0 Å². The van der Waals surface area contributed by atoms with Gasteiger partial charge in [-0.15, -0.1) is 35.3 Å². The molecule has 1 unspecified atom stereocenters. The highest BCUT2D eigenvalue weighted by Gasteiger charge is 2.32. The van der Waals surface area contributed by atoms with Crippen LogP contribution in [0.5, 0.6) is 0 Å². The Bertz CT molecular complexity index is 4130. The number of pyridine rings is 4. The number of Topliss-reactive ketones (excluding diaryl/α,β-unsaturated/α-hetero) is 3. The molecule has 5 saturated heterocycles. The number of aromatic nitrogens is 6. The second-order valence-electron chi connectivity index (χ2n) is 22.2. The van der Waals surface area contributed by atoms with E-state index in [2.05, 4.69) is 50.1 Å². The highest BCUT2D eigenvalue weighted by Crippen LogP contribution is 2.48. The molecule has 1 atom stereocenters. The Balaban J connectivity index is 0.000000208. The van der Waals surface area contributed by atoms with Crippen LogP contribution in [0.2, 0.25) is 20.1 Å². The Morgan fingerprint density at radius 1 is 0.505 bits per heavy atom. The summed E-state index contributed by atoms with van der Waals surface area (Å²) in [5, 5.41) is 15.8. The average molecular weight is 1610 g/mol. The van der Waals surface area contributed by atoms with Gasteiger partial charge in [-0.1, -0.05) is 85.6 Å². The van der Waals surface area contributed by atoms with Crippen molar-refractivity contribution in [3.05, 3.63) is 258 Å². The van der Waals surface area contributed by atoms with E-state index in [-0.39, 0.29) is 33.6 Å². The maximum Gasteiger partial charge on any atom is 0.196 e. The molecule has 0 bridgehead atoms. The van der Waals surface area contributed by atoms with Gasteiger partial charge in [0.1, 0.15) is 0 Å². The maximum atomic E-state index is 13.3. The molecule has 0 radical (unpaired) electrons. The number of thioether (sulfide) groups is 7. The second-order valence-corrected chi connectivity index (χ2v) is 32.7. The number of anilines is 1. The number of hydrogen-bond donors (Lipinski definition) is 4. The standard InChI is InChI=1S/C19H19ClN2OS2.C18H17ClN4S.C18H17ClN2OS2.C15H10ClNOS2.C4H9NS.2CH4.H2N2.H2/c1-24-19(22-10-12-25-13-11-22)17(14-6-8-21-9-7-14)18(23)15-2-4-16(20)5-3-15;19-15-3-1-14(2-4-15)17-16(13-5-7-20-8-6-13)18(22-21-17)23-9-11-24-12-10-23;19-15-3-1-14(2-4-15)17(22)16(13-5-7-20-8-6-13)18(23)21-9-11-24-12-10-21;16-12-3-1-11(2-4-12)14(18)13(15-19-9-20-15)10-5-7-17-8-6-10;1-3-6-4-2-5-1;;;1-2;/h2-9H,10-13H2,1H3;1-8H,9-12H2,(H,21,22);1-8,16H,9-12H2;1-8H,9H2;5H,1-4H2;2*1H4;1-2H;1H/b19-17-;;;;;;;;. The number of nitrogens with one attached hydrogen (secondary N) is 4. The van der Waals surface area contributed by atoms with Crippen molar-refractivity contribution in [2.24, 2.45) is 0 Å². The molecule has 542 valence electrons. The van der Waals surface area contributed by atoms with Crippen molar-refractivity contribution in [2.45, 2.75) is 20.8 Å². The normalized spacial score (nSPS) is 15.0. The number of H-pyrrole nitrogens is 1. The summed E-state index contributed by atoms with van der Waals surface area (Å²) in [6, 6.07) is 44.3. The molecule has 15 nitrogen and oxygen atoms in total. The average Bonchev–Trinajstić information content (AvgIpc) is 1.59. The fourth-order valence-corrected chi connectivity index (χ4v) is 17.7. The molecule has 27 heteroatoms. The van der Waals surface area contributed by atoms with Crippen molar-refractivity contribution < 1.29 is 15.8 Å². The van der Waals surface area contributed by atoms with E-state index < -0.39 is 5.92 Å². The highest BCUT2D eigenvalue weighted by atomic mass is 35.5. The predicted molar refractivity (Wildman–Crippen MR) is 454 cm³/mol. The molecule has 5 aliphatic rings. The summed E-state index contributed by atoms with van der Waals surface area (Å²) in [4.78, 5) is 63.1. The van der Waals surface area contributed by atoms with Crippen molar-refractivity contribution in [3.8, 4) is 22.4 Å². The summed E-state index contributed by atoms with van der Waals surface area (Å²) in [5.41, 5.74) is 20.5. The summed E-state index contributed by atoms with van der Waals surface area (Å²) in [6.45, 7) is 8.17. The van der Waals surface area contributed by atoms with Gasteiger partial charge >= 0.3 is 0 Å². The monoisotopic (exact) mass is 1610 g/mol. The number of halogens is 4. The molecule has 0 amide bonds. The van der Waals surface area contributed by atoms with Crippen LogP contribution in [0.1, 0.15) is 70.0 Å². The number of aromatic amines is 1. The summed E-state index contributed by atoms with van der Waals surface area (Å²) in [6.07, 6.45) is 16.0. The Kier molecular flexibility index (Phi) is 37.0. The molecule has 103 heavy (non-hydrogen) atoms. The molecule has 9 aromatic rings. The Hall–Kier alpha value is -6.16. The van der Waals surface area contributed by atoms with Gasteiger partial charge in [0, 0.05) is 202 Å². The first kappa shape index (κ1) is 84.1. The van der Waals surface area contributed by atoms with Crippen LogP contribution in [0, 0.1) is 11.1 Å². The van der Waals surface area contributed by atoms with Crippen molar-refractivity contribution in [3.63, 3.8) is 0 Å². The van der Waals surface area contributed by atoms with Crippen LogP contribution in [0.4, 0.5) is 5.82 Å². The van der Waals surface area contributed by atoms with Gasteiger partial charge in [0.2, 0.25) is 0 Å². The number of nitrogens with zero attached hydrogens (tertiary/aromatic N) is 8. The lowest BCUT2D eigenvalue weighted by Crippen LogP contribution is -2.41. The topological polar surface area (TPSA) is 201 Å². The fourth-order valence-electron chi connectivity index (χ4n) is 10.8. The summed E-state index contributed by atoms with van der Waals surface area (Å²) in [5.74, 6) is 9.74. The maximum absolute atomic E-state index is 13.3. The van der Waals surface area contributed by atoms with Gasteiger partial charge in [0.05, 0.1) is 37.0 Å². The number of allylic oxidation sites excluding steroid dienone is 2. The van der Waals surface area contributed by atoms with E-state index in [1.165, 1.54) is 24.6 Å². The van der Waals surface area contributed by atoms with E-state index >= 15 is 0 Å². The summed E-state index contributed by atoms with van der Waals surface area (Å²) >= 11 is 42.5. The lowest BCUT2D eigenvalue weighted by molar-refractivity contribution is 0.0978. The van der Waals surface area contributed by atoms with Crippen molar-refractivity contribution >= 4 is 180 Å². The number of carbonyl (C=O) groups excluding carboxylic acids is 3. The molecule has 0 saturated carbocycles. The van der Waals surface area contributed by atoms with Gasteiger partial charge in [-0.25, -0.2) is 11.1 Å². The first-order chi connectivity index (χ1) is 49.4. The van der Waals surface area contributed by atoms with E-state index in [0.717, 1.165) is 149 Å². The molecular weight excluding hydrogens is 1530 g/mol. The van der Waals surface area contributed by atoms with Crippen LogP contribution in [-0.4, -0.2) is 172 Å². The third kappa shape index (κ3) is 24.7. The number of rotatable bonds is 15. The molecule has 5 aromatic heterocycles. The third-order valence-electron chi connectivity index (χ3n) is 15.9. The first-order valence-corrected chi connectivity index (χ1v) is 41.9. The van der Waals surface area contributed by atoms with Gasteiger partial charge in [-0.05, 0) is 162 Å². The largest absolute Gasteiger partial charge is 0.364 e. The predicted octanol–water partition coefficient (Wildman–Crippen LogP) is 20.3. The van der Waals surface area contributed by atoms with Gasteiger partial charge in [0.25, 0.3) is 0 Å². The van der Waals surface area contributed by atoms with Gasteiger partial charge in [0.15, 0.2) is 23.2 Å². The number of benzene rings is 4. The van der Waals surface area contributed by atoms with Gasteiger partial charge in [-0.3, -0.25) is 39.4 Å². The Morgan fingerprint density at radius 3 is 1.37 bits per heavy atom. The zero-order valence-corrected chi connectivity index (χ0v) is 64.7. The molecule has 14 rings (SSSR count). The fraction of sp³-hybridized carbons (Fsp3) is 0.276. The minimum atomic E-state index is -0.465. The van der Waals surface area contributed by atoms with Crippen molar-refractivity contribution in [1.29, 1.82) is 11.1 Å². The number of hydrogen-bond acceptors (Lipinski definition) is 21. The van der Waals surface area contributed by atoms with Crippen molar-refractivity contribution in [2.75, 3.05) is 115 Å². The molecule has 10 heterocycles. The molecular formula is C76H84Cl4N12O3S8. The van der Waals surface area contributed by atoms with E-state index in [4.69, 9.17) is 69.7 Å². The minimum Gasteiger partial charge on any atom is -0.364 e. The lowest BCUT2D eigenvalue weighted by atomic mass is 9.90. The van der Waals surface area contributed by atoms with Crippen LogP contribution in [-0.2, 0) is 0 Å². The molecule has 5 aliphatic heterocycles. The van der Waals surface area contributed by atoms with Crippen LogP contribution < -0.4 is 10.2 Å². The molecule has 0 spiro atoms. The first-order valence-electron chi connectivity index (χ1n) is 32.1. The van der Waals surface area contributed by atoms with E-state index in [0.29, 0.717) is 36.7 Å². The lowest BCUT2D eigenvalue weighted by Gasteiger charge is -2.32. The SMILES string of the molecule is C.C.C1CSCCN1.CS/C(=C(\C(=O)c1ccc(Cl)cc1)c1ccncc1)N1CCSCC1.Clc1ccc(-c2[nH]nc(N3CCSCC3)c2-c2ccncc2)cc1.N=N.O=C(C(=C1SCS1)c1ccncc1)c1ccc(Cl)cc1.O=C(c1ccc(Cl)cc1)C(C(=S)N1CCSCC1)c1ccncc1.[HH]. The Morgan fingerprint density at radius 2 is 0.922 bits per heavy atom. The van der Waals surface area contributed by atoms with Crippen LogP contribution in [0.15, 0.2) is 204 Å². The Labute approximate surface area is 662 Å². The number of ketones is 3. The zero-order valence-electron chi connectivity index (χ0n) is 55.2. The molecule has 4 aromatic carbocycles. The highest BCUT2D eigenvalue weighted by molar-refractivity contribution is 8.37. The quantitative estimate of drug-likeness (QED) is 0.0326. The molecule has 0 aliphatic carbocycles. The summed E-state index contributed by atoms with van der Waals surface area (Å²) in [7, 11) is 0. The van der Waals surface area contributed by atoms with Gasteiger partial charge in [-0.2, -0.15) is 52.1 Å². The summed E-state index contributed by atoms with van der Waals surface area (Å²) < 4.78 is 1.08. The minimum absolute atomic E-state index is 0. The van der Waals surface area contributed by atoms with Crippen molar-refractivity contribution in [1.82, 2.24) is 45.2 Å². The smallest absolute Gasteiger partial charge is 0.196 e. The number of thiocarbonyl (C=S) groups is 1.